The van der Waals surface area contributed by atoms with Gasteiger partial charge >= 0.3 is 0 Å². The highest BCUT2D eigenvalue weighted by Gasteiger charge is 2.20. The van der Waals surface area contributed by atoms with Crippen molar-refractivity contribution in [2.24, 2.45) is 0 Å². The fourth-order valence-corrected chi connectivity index (χ4v) is 1.30. The van der Waals surface area contributed by atoms with Crippen LogP contribution < -0.4 is 5.73 Å². The Labute approximate surface area is 87.5 Å². The Morgan fingerprint density at radius 3 is 2.44 bits per heavy atom. The molecule has 0 amide bonds. The van der Waals surface area contributed by atoms with Crippen LogP contribution in [0.5, 0.6) is 5.75 Å². The van der Waals surface area contributed by atoms with Crippen molar-refractivity contribution in [2.75, 3.05) is 5.73 Å². The molecule has 1 aromatic heterocycles. The minimum atomic E-state index is -1.73. The maximum absolute atomic E-state index is 13.0. The molecule has 1 aromatic carbocycles. The number of anilines is 1. The molecule has 0 spiro atoms. The van der Waals surface area contributed by atoms with E-state index in [-0.39, 0.29) is 16.9 Å². The number of nitrogen functional groups attached to an aromatic ring is 1. The summed E-state index contributed by atoms with van der Waals surface area (Å²) in [6.45, 7) is 0. The number of aromatic nitrogens is 2. The van der Waals surface area contributed by atoms with E-state index in [1.54, 1.807) is 0 Å². The lowest BCUT2D eigenvalue weighted by molar-refractivity contribution is 0.388. The fourth-order valence-electron chi connectivity index (χ4n) is 1.30. The molecule has 4 N–H and O–H groups in total. The molecule has 0 radical (unpaired) electrons. The highest BCUT2D eigenvalue weighted by atomic mass is 19.2. The molecule has 4 nitrogen and oxygen atoms in total. The van der Waals surface area contributed by atoms with Crippen LogP contribution in [0.3, 0.4) is 0 Å². The van der Waals surface area contributed by atoms with Crippen LogP contribution in [0.15, 0.2) is 12.3 Å². The number of rotatable bonds is 1. The molecule has 0 fully saturated rings. The summed E-state index contributed by atoms with van der Waals surface area (Å²) in [4.78, 5) is 0. The summed E-state index contributed by atoms with van der Waals surface area (Å²) in [5.74, 6) is -5.79. The van der Waals surface area contributed by atoms with Gasteiger partial charge in [-0.3, -0.25) is 5.10 Å². The zero-order valence-electron chi connectivity index (χ0n) is 7.76. The van der Waals surface area contributed by atoms with Gasteiger partial charge in [0.1, 0.15) is 5.82 Å². The van der Waals surface area contributed by atoms with Crippen molar-refractivity contribution in [3.8, 4) is 16.9 Å². The number of phenols is 1. The van der Waals surface area contributed by atoms with E-state index in [1.165, 1.54) is 6.20 Å². The highest BCUT2D eigenvalue weighted by molar-refractivity contribution is 5.77. The first-order chi connectivity index (χ1) is 7.52. The predicted molar refractivity (Wildman–Crippen MR) is 50.0 cm³/mol. The molecule has 0 aliphatic heterocycles. The van der Waals surface area contributed by atoms with Gasteiger partial charge in [-0.1, -0.05) is 0 Å². The number of nitrogens with one attached hydrogen (secondary N) is 1. The van der Waals surface area contributed by atoms with Crippen LogP contribution in [0.1, 0.15) is 0 Å². The monoisotopic (exact) mass is 229 g/mol. The number of hydrogen-bond acceptors (Lipinski definition) is 3. The maximum atomic E-state index is 13.0. The van der Waals surface area contributed by atoms with E-state index < -0.39 is 23.2 Å². The van der Waals surface area contributed by atoms with Crippen molar-refractivity contribution >= 4 is 5.82 Å². The number of H-pyrrole nitrogens is 1. The van der Waals surface area contributed by atoms with Gasteiger partial charge in [0.05, 0.1) is 6.20 Å². The number of benzene rings is 1. The Bertz CT molecular complexity index is 553. The Morgan fingerprint density at radius 1 is 1.19 bits per heavy atom. The Hall–Kier alpha value is -2.18. The molecule has 0 atom stereocenters. The second-order valence-electron chi connectivity index (χ2n) is 3.08. The fraction of sp³-hybridized carbons (Fsp3) is 0. The molecule has 2 rings (SSSR count). The van der Waals surface area contributed by atoms with Crippen LogP contribution in [-0.4, -0.2) is 15.3 Å². The summed E-state index contributed by atoms with van der Waals surface area (Å²) in [6.07, 6.45) is 1.17. The molecule has 0 unspecified atom stereocenters. The van der Waals surface area contributed by atoms with E-state index in [9.17, 15) is 18.3 Å². The number of hydrogen-bond donors (Lipinski definition) is 3. The van der Waals surface area contributed by atoms with E-state index in [0.29, 0.717) is 6.07 Å². The molecule has 7 heteroatoms. The predicted octanol–water partition coefficient (Wildman–Crippen LogP) is 1.78. The SMILES string of the molecule is Nc1[nH]ncc1-c1cc(F)c(F)c(F)c1O. The van der Waals surface area contributed by atoms with Crippen molar-refractivity contribution in [1.82, 2.24) is 10.2 Å². The number of aromatic hydroxyl groups is 1. The second kappa shape index (κ2) is 3.44. The molecular weight excluding hydrogens is 223 g/mol. The smallest absolute Gasteiger partial charge is 0.204 e. The standard InChI is InChI=1S/C9H6F3N3O/c10-5-1-3(4-2-14-15-9(4)13)8(16)7(12)6(5)11/h1-2,16H,(H3,13,14,15). The highest BCUT2D eigenvalue weighted by Crippen LogP contribution is 2.35. The summed E-state index contributed by atoms with van der Waals surface area (Å²) in [5.41, 5.74) is 5.24. The third-order valence-corrected chi connectivity index (χ3v) is 2.10. The van der Waals surface area contributed by atoms with Crippen molar-refractivity contribution in [2.45, 2.75) is 0 Å². The lowest BCUT2D eigenvalue weighted by Crippen LogP contribution is -1.95. The molecule has 1 heterocycles. The van der Waals surface area contributed by atoms with Crippen LogP contribution in [0, 0.1) is 17.5 Å². The van der Waals surface area contributed by atoms with Gasteiger partial charge in [0.2, 0.25) is 5.82 Å². The number of aromatic amines is 1. The van der Waals surface area contributed by atoms with Gasteiger partial charge in [-0.2, -0.15) is 9.49 Å². The molecule has 0 saturated heterocycles. The topological polar surface area (TPSA) is 74.9 Å². The van der Waals surface area contributed by atoms with Gasteiger partial charge < -0.3 is 10.8 Å². The lowest BCUT2D eigenvalue weighted by atomic mass is 10.1. The van der Waals surface area contributed by atoms with Crippen LogP contribution in [0.4, 0.5) is 19.0 Å². The van der Waals surface area contributed by atoms with E-state index in [0.717, 1.165) is 0 Å². The summed E-state index contributed by atoms with van der Waals surface area (Å²) < 4.78 is 38.7. The Morgan fingerprint density at radius 2 is 1.88 bits per heavy atom. The van der Waals surface area contributed by atoms with Crippen LogP contribution >= 0.6 is 0 Å². The number of phenolic OH excluding ortho intramolecular Hbond substituents is 1. The van der Waals surface area contributed by atoms with Crippen molar-refractivity contribution in [1.29, 1.82) is 0 Å². The largest absolute Gasteiger partial charge is 0.504 e. The first kappa shape index (κ1) is 10.3. The summed E-state index contributed by atoms with van der Waals surface area (Å²) >= 11 is 0. The van der Waals surface area contributed by atoms with E-state index >= 15 is 0 Å². The normalized spacial score (nSPS) is 10.7. The Balaban J connectivity index is 2.72. The van der Waals surface area contributed by atoms with Crippen LogP contribution in [-0.2, 0) is 0 Å². The van der Waals surface area contributed by atoms with E-state index in [4.69, 9.17) is 5.73 Å². The van der Waals surface area contributed by atoms with Gasteiger partial charge in [0.25, 0.3) is 0 Å². The average Bonchev–Trinajstić information content (AvgIpc) is 2.67. The van der Waals surface area contributed by atoms with E-state index in [2.05, 4.69) is 10.2 Å². The quantitative estimate of drug-likeness (QED) is 0.652. The number of nitrogens with two attached hydrogens (primary N) is 1. The zero-order valence-corrected chi connectivity index (χ0v) is 7.76. The van der Waals surface area contributed by atoms with Gasteiger partial charge in [0, 0.05) is 11.1 Å². The molecular formula is C9H6F3N3O. The molecule has 0 bridgehead atoms. The third kappa shape index (κ3) is 1.37. The first-order valence-electron chi connectivity index (χ1n) is 4.18. The summed E-state index contributed by atoms with van der Waals surface area (Å²) in [5, 5.41) is 15.2. The second-order valence-corrected chi connectivity index (χ2v) is 3.08. The minimum absolute atomic E-state index is 0.0145. The molecule has 0 aliphatic carbocycles. The van der Waals surface area contributed by atoms with Gasteiger partial charge in [-0.05, 0) is 6.07 Å². The molecule has 2 aromatic rings. The average molecular weight is 229 g/mol. The van der Waals surface area contributed by atoms with Crippen molar-refractivity contribution in [3.63, 3.8) is 0 Å². The van der Waals surface area contributed by atoms with Crippen LogP contribution in [0.2, 0.25) is 0 Å². The van der Waals surface area contributed by atoms with Gasteiger partial charge in [0.15, 0.2) is 17.4 Å². The molecule has 0 aliphatic rings. The maximum Gasteiger partial charge on any atom is 0.204 e. The molecule has 16 heavy (non-hydrogen) atoms. The summed E-state index contributed by atoms with van der Waals surface area (Å²) in [6, 6.07) is 0.648. The van der Waals surface area contributed by atoms with E-state index in [1.807, 2.05) is 0 Å². The summed E-state index contributed by atoms with van der Waals surface area (Å²) in [7, 11) is 0. The molecule has 84 valence electrons. The number of nitrogens with zero attached hydrogens (tertiary/aromatic N) is 1. The molecule has 0 saturated carbocycles. The van der Waals surface area contributed by atoms with Gasteiger partial charge in [-0.15, -0.1) is 0 Å². The number of halogens is 3. The Kier molecular flexibility index (Phi) is 2.22. The third-order valence-electron chi connectivity index (χ3n) is 2.10. The first-order valence-corrected chi connectivity index (χ1v) is 4.18. The zero-order chi connectivity index (χ0) is 11.9. The minimum Gasteiger partial charge on any atom is -0.504 e. The lowest BCUT2D eigenvalue weighted by Gasteiger charge is -2.05. The van der Waals surface area contributed by atoms with Crippen molar-refractivity contribution < 1.29 is 18.3 Å². The van der Waals surface area contributed by atoms with Crippen molar-refractivity contribution in [3.05, 3.63) is 29.7 Å². The van der Waals surface area contributed by atoms with Gasteiger partial charge in [-0.25, -0.2) is 8.78 Å². The van der Waals surface area contributed by atoms with Crippen LogP contribution in [0.25, 0.3) is 11.1 Å².